The van der Waals surface area contributed by atoms with E-state index in [9.17, 15) is 18.0 Å². The minimum absolute atomic E-state index is 0.103. The van der Waals surface area contributed by atoms with E-state index in [1.165, 1.54) is 23.5 Å². The molecule has 0 spiro atoms. The smallest absolute Gasteiger partial charge is 0.422 e. The van der Waals surface area contributed by atoms with E-state index in [0.29, 0.717) is 11.1 Å². The van der Waals surface area contributed by atoms with Gasteiger partial charge in [0.2, 0.25) is 0 Å². The van der Waals surface area contributed by atoms with Gasteiger partial charge < -0.3 is 10.1 Å². The summed E-state index contributed by atoms with van der Waals surface area (Å²) in [7, 11) is 0. The molecular formula is C19H18F3N3O2S. The van der Waals surface area contributed by atoms with Gasteiger partial charge in [-0.05, 0) is 37.6 Å². The molecule has 0 saturated carbocycles. The van der Waals surface area contributed by atoms with Crippen LogP contribution in [0.25, 0.3) is 5.13 Å². The fourth-order valence-corrected chi connectivity index (χ4v) is 3.55. The summed E-state index contributed by atoms with van der Waals surface area (Å²) in [6.45, 7) is 2.55. The summed E-state index contributed by atoms with van der Waals surface area (Å²) >= 11 is 1.47. The number of hydrogen-bond donors (Lipinski definition) is 1. The SMILES string of the molecule is Cc1cc(C(=O)NCc2cccc(OCC(F)(F)F)c2)c(C)n1-c1nccs1. The molecule has 0 unspecified atom stereocenters. The van der Waals surface area contributed by atoms with Crippen LogP contribution in [-0.2, 0) is 6.54 Å². The predicted octanol–water partition coefficient (Wildman–Crippen LogP) is 4.42. The molecule has 0 radical (unpaired) electrons. The molecule has 148 valence electrons. The second-order valence-corrected chi connectivity index (χ2v) is 7.04. The van der Waals surface area contributed by atoms with E-state index in [-0.39, 0.29) is 18.2 Å². The van der Waals surface area contributed by atoms with Gasteiger partial charge >= 0.3 is 6.18 Å². The van der Waals surface area contributed by atoms with Gasteiger partial charge in [0.25, 0.3) is 5.91 Å². The fraction of sp³-hybridized carbons (Fsp3) is 0.263. The number of amides is 1. The molecule has 0 bridgehead atoms. The van der Waals surface area contributed by atoms with Crippen LogP contribution in [0.4, 0.5) is 13.2 Å². The van der Waals surface area contributed by atoms with Gasteiger partial charge in [-0.25, -0.2) is 4.98 Å². The van der Waals surface area contributed by atoms with E-state index < -0.39 is 12.8 Å². The van der Waals surface area contributed by atoms with Crippen molar-refractivity contribution in [2.24, 2.45) is 0 Å². The fourth-order valence-electron chi connectivity index (χ4n) is 2.80. The van der Waals surface area contributed by atoms with Gasteiger partial charge in [-0.2, -0.15) is 13.2 Å². The Morgan fingerprint density at radius 2 is 2.07 bits per heavy atom. The first-order valence-corrected chi connectivity index (χ1v) is 9.28. The molecule has 1 aromatic carbocycles. The molecule has 0 aliphatic rings. The Morgan fingerprint density at radius 1 is 1.29 bits per heavy atom. The zero-order valence-corrected chi connectivity index (χ0v) is 16.0. The number of alkyl halides is 3. The van der Waals surface area contributed by atoms with Gasteiger partial charge in [-0.1, -0.05) is 12.1 Å². The minimum atomic E-state index is -4.40. The second-order valence-electron chi connectivity index (χ2n) is 6.17. The standard InChI is InChI=1S/C19H18F3N3O2S/c1-12-8-16(13(2)25(12)18-23-6-7-28-18)17(26)24-10-14-4-3-5-15(9-14)27-11-19(20,21)22/h3-9H,10-11H2,1-2H3,(H,24,26). The molecule has 28 heavy (non-hydrogen) atoms. The van der Waals surface area contributed by atoms with Gasteiger partial charge in [0.05, 0.1) is 5.56 Å². The van der Waals surface area contributed by atoms with Gasteiger partial charge in [0, 0.05) is 29.5 Å². The molecule has 0 aliphatic heterocycles. The average Bonchev–Trinajstić information content (AvgIpc) is 3.25. The van der Waals surface area contributed by atoms with Gasteiger partial charge in [0.15, 0.2) is 11.7 Å². The predicted molar refractivity (Wildman–Crippen MR) is 100 cm³/mol. The van der Waals surface area contributed by atoms with Crippen molar-refractivity contribution in [3.05, 3.63) is 64.4 Å². The van der Waals surface area contributed by atoms with Crippen LogP contribution >= 0.6 is 11.3 Å². The number of ether oxygens (including phenoxy) is 1. The van der Waals surface area contributed by atoms with Gasteiger partial charge in [-0.3, -0.25) is 9.36 Å². The highest BCUT2D eigenvalue weighted by molar-refractivity contribution is 7.12. The topological polar surface area (TPSA) is 56.1 Å². The van der Waals surface area contributed by atoms with Crippen LogP contribution in [0.1, 0.15) is 27.3 Å². The summed E-state index contributed by atoms with van der Waals surface area (Å²) in [5.41, 5.74) is 2.83. The third-order valence-corrected chi connectivity index (χ3v) is 4.80. The lowest BCUT2D eigenvalue weighted by atomic mass is 10.2. The summed E-state index contributed by atoms with van der Waals surface area (Å²) in [5.74, 6) is -0.163. The number of nitrogens with one attached hydrogen (secondary N) is 1. The lowest BCUT2D eigenvalue weighted by Gasteiger charge is -2.11. The van der Waals surface area contributed by atoms with E-state index in [1.54, 1.807) is 24.4 Å². The first-order valence-electron chi connectivity index (χ1n) is 8.40. The highest BCUT2D eigenvalue weighted by Gasteiger charge is 2.28. The van der Waals surface area contributed by atoms with E-state index in [1.807, 2.05) is 23.8 Å². The monoisotopic (exact) mass is 409 g/mol. The van der Waals surface area contributed by atoms with Crippen LogP contribution < -0.4 is 10.1 Å². The third kappa shape index (κ3) is 4.72. The van der Waals surface area contributed by atoms with E-state index >= 15 is 0 Å². The number of thiazole rings is 1. The number of hydrogen-bond acceptors (Lipinski definition) is 4. The molecular weight excluding hydrogens is 391 g/mol. The number of nitrogens with zero attached hydrogens (tertiary/aromatic N) is 2. The molecule has 9 heteroatoms. The average molecular weight is 409 g/mol. The van der Waals surface area contributed by atoms with Crippen LogP contribution in [0.3, 0.4) is 0 Å². The van der Waals surface area contributed by atoms with Crippen molar-refractivity contribution in [3.63, 3.8) is 0 Å². The molecule has 1 N–H and O–H groups in total. The van der Waals surface area contributed by atoms with Crippen LogP contribution in [0.15, 0.2) is 41.9 Å². The molecule has 1 amide bonds. The van der Waals surface area contributed by atoms with Crippen LogP contribution in [0.2, 0.25) is 0 Å². The normalized spacial score (nSPS) is 11.5. The number of aromatic nitrogens is 2. The molecule has 0 saturated heterocycles. The highest BCUT2D eigenvalue weighted by Crippen LogP contribution is 2.23. The maximum Gasteiger partial charge on any atom is 0.422 e. The quantitative estimate of drug-likeness (QED) is 0.656. The van der Waals surface area contributed by atoms with Crippen molar-refractivity contribution in [2.45, 2.75) is 26.6 Å². The lowest BCUT2D eigenvalue weighted by molar-refractivity contribution is -0.153. The number of carbonyl (C=O) groups is 1. The van der Waals surface area contributed by atoms with Crippen LogP contribution in [0.5, 0.6) is 5.75 Å². The molecule has 0 aliphatic carbocycles. The Labute approximate surface area is 163 Å². The Balaban J connectivity index is 1.67. The second kappa shape index (κ2) is 8.05. The maximum absolute atomic E-state index is 12.6. The van der Waals surface area contributed by atoms with Crippen LogP contribution in [0, 0.1) is 13.8 Å². The van der Waals surface area contributed by atoms with Crippen molar-refractivity contribution in [1.82, 2.24) is 14.9 Å². The summed E-state index contributed by atoms with van der Waals surface area (Å²) in [6, 6.07) is 8.00. The van der Waals surface area contributed by atoms with Crippen molar-refractivity contribution >= 4 is 17.2 Å². The zero-order valence-electron chi connectivity index (χ0n) is 15.2. The molecule has 3 rings (SSSR count). The van der Waals surface area contributed by atoms with Crippen molar-refractivity contribution in [2.75, 3.05) is 6.61 Å². The third-order valence-electron chi connectivity index (χ3n) is 4.04. The minimum Gasteiger partial charge on any atom is -0.484 e. The van der Waals surface area contributed by atoms with Crippen LogP contribution in [-0.4, -0.2) is 28.2 Å². The summed E-state index contributed by atoms with van der Waals surface area (Å²) in [6.07, 6.45) is -2.70. The Bertz CT molecular complexity index is 965. The van der Waals surface area contributed by atoms with Gasteiger partial charge in [-0.15, -0.1) is 11.3 Å². The first kappa shape index (κ1) is 19.9. The molecule has 0 atom stereocenters. The van der Waals surface area contributed by atoms with E-state index in [4.69, 9.17) is 4.74 Å². The number of halogens is 3. The molecule has 2 aromatic heterocycles. The Hall–Kier alpha value is -2.81. The van der Waals surface area contributed by atoms with Crippen molar-refractivity contribution in [3.8, 4) is 10.9 Å². The maximum atomic E-state index is 12.6. The first-order chi connectivity index (χ1) is 13.2. The number of benzene rings is 1. The largest absolute Gasteiger partial charge is 0.484 e. The zero-order chi connectivity index (χ0) is 20.3. The number of carbonyl (C=O) groups excluding carboxylic acids is 1. The Morgan fingerprint density at radius 3 is 2.75 bits per heavy atom. The summed E-state index contributed by atoms with van der Waals surface area (Å²) < 4.78 is 43.5. The van der Waals surface area contributed by atoms with Crippen molar-refractivity contribution in [1.29, 1.82) is 0 Å². The molecule has 5 nitrogen and oxygen atoms in total. The van der Waals surface area contributed by atoms with E-state index in [2.05, 4.69) is 10.3 Å². The number of aryl methyl sites for hydroxylation is 1. The molecule has 3 aromatic rings. The molecule has 0 fully saturated rings. The summed E-state index contributed by atoms with van der Waals surface area (Å²) in [4.78, 5) is 16.9. The lowest BCUT2D eigenvalue weighted by Crippen LogP contribution is -2.23. The Kier molecular flexibility index (Phi) is 5.73. The summed E-state index contributed by atoms with van der Waals surface area (Å²) in [5, 5.41) is 5.44. The number of rotatable bonds is 6. The van der Waals surface area contributed by atoms with Gasteiger partial charge in [0.1, 0.15) is 5.75 Å². The van der Waals surface area contributed by atoms with Crippen molar-refractivity contribution < 1.29 is 22.7 Å². The van der Waals surface area contributed by atoms with E-state index in [0.717, 1.165) is 16.5 Å². The molecule has 2 heterocycles. The highest BCUT2D eigenvalue weighted by atomic mass is 32.1.